The molecule has 0 bridgehead atoms. The van der Waals surface area contributed by atoms with Crippen LogP contribution in [-0.2, 0) is 12.0 Å². The highest BCUT2D eigenvalue weighted by molar-refractivity contribution is 7.99. The SMILES string of the molecule is CCSc1ccc(CNC(=O)N2CC3(CCCC3)c3nc(-c4c(C)ncnc4C)ccc32)cc1. The van der Waals surface area contributed by atoms with Crippen molar-refractivity contribution in [1.82, 2.24) is 20.3 Å². The van der Waals surface area contributed by atoms with Gasteiger partial charge in [0, 0.05) is 29.0 Å². The van der Waals surface area contributed by atoms with Crippen molar-refractivity contribution in [1.29, 1.82) is 0 Å². The fourth-order valence-corrected chi connectivity index (χ4v) is 6.06. The zero-order valence-corrected chi connectivity index (χ0v) is 20.9. The van der Waals surface area contributed by atoms with Gasteiger partial charge in [0.05, 0.1) is 28.5 Å². The van der Waals surface area contributed by atoms with Crippen LogP contribution < -0.4 is 10.2 Å². The first kappa shape index (κ1) is 22.8. The molecule has 1 spiro atoms. The smallest absolute Gasteiger partial charge is 0.322 e. The zero-order valence-electron chi connectivity index (χ0n) is 20.1. The second-order valence-corrected chi connectivity index (χ2v) is 10.6. The minimum Gasteiger partial charge on any atom is -0.334 e. The Morgan fingerprint density at radius 2 is 1.76 bits per heavy atom. The fourth-order valence-electron chi connectivity index (χ4n) is 5.40. The Morgan fingerprint density at radius 3 is 2.44 bits per heavy atom. The van der Waals surface area contributed by atoms with Crippen LogP contribution in [0.3, 0.4) is 0 Å². The van der Waals surface area contributed by atoms with Gasteiger partial charge in [0.2, 0.25) is 0 Å². The normalized spacial score (nSPS) is 16.1. The molecule has 1 N–H and O–H groups in total. The Morgan fingerprint density at radius 1 is 1.06 bits per heavy atom. The van der Waals surface area contributed by atoms with Crippen molar-refractivity contribution >= 4 is 23.5 Å². The first-order valence-corrected chi connectivity index (χ1v) is 13.1. The molecular weight excluding hydrogens is 442 g/mol. The summed E-state index contributed by atoms with van der Waals surface area (Å²) in [5, 5.41) is 3.14. The van der Waals surface area contributed by atoms with E-state index in [4.69, 9.17) is 4.98 Å². The minimum atomic E-state index is -0.0564. The first-order valence-electron chi connectivity index (χ1n) is 12.1. The second-order valence-electron chi connectivity index (χ2n) is 9.29. The van der Waals surface area contributed by atoms with Gasteiger partial charge in [-0.15, -0.1) is 11.8 Å². The number of nitrogens with one attached hydrogen (secondary N) is 1. The lowest BCUT2D eigenvalue weighted by Crippen LogP contribution is -2.41. The zero-order chi connectivity index (χ0) is 23.7. The average molecular weight is 474 g/mol. The average Bonchev–Trinajstić information content (AvgIpc) is 3.44. The van der Waals surface area contributed by atoms with Crippen molar-refractivity contribution in [2.45, 2.75) is 63.3 Å². The predicted molar refractivity (Wildman–Crippen MR) is 137 cm³/mol. The predicted octanol–water partition coefficient (Wildman–Crippen LogP) is 5.81. The van der Waals surface area contributed by atoms with Crippen molar-refractivity contribution in [3.8, 4) is 11.3 Å². The number of hydrogen-bond acceptors (Lipinski definition) is 5. The number of benzene rings is 1. The molecule has 3 aromatic rings. The molecule has 3 heterocycles. The Labute approximate surface area is 205 Å². The van der Waals surface area contributed by atoms with Gasteiger partial charge in [-0.1, -0.05) is 31.9 Å². The van der Waals surface area contributed by atoms with Gasteiger partial charge in [-0.25, -0.2) is 19.7 Å². The van der Waals surface area contributed by atoms with Crippen LogP contribution in [0, 0.1) is 13.8 Å². The van der Waals surface area contributed by atoms with Crippen molar-refractivity contribution in [3.63, 3.8) is 0 Å². The molecule has 5 rings (SSSR count). The van der Waals surface area contributed by atoms with E-state index in [2.05, 4.69) is 52.5 Å². The molecular formula is C27H31N5OS. The Balaban J connectivity index is 1.41. The summed E-state index contributed by atoms with van der Waals surface area (Å²) in [6.45, 7) is 7.35. The molecule has 1 aliphatic carbocycles. The largest absolute Gasteiger partial charge is 0.334 e. The van der Waals surface area contributed by atoms with Crippen LogP contribution in [0.2, 0.25) is 0 Å². The van der Waals surface area contributed by atoms with Gasteiger partial charge in [0.25, 0.3) is 0 Å². The molecule has 1 saturated carbocycles. The Kier molecular flexibility index (Phi) is 6.30. The molecule has 176 valence electrons. The minimum absolute atomic E-state index is 0.0537. The number of rotatable bonds is 5. The number of anilines is 1. The molecule has 0 unspecified atom stereocenters. The topological polar surface area (TPSA) is 71.0 Å². The highest BCUT2D eigenvalue weighted by Gasteiger charge is 2.47. The molecule has 7 heteroatoms. The summed E-state index contributed by atoms with van der Waals surface area (Å²) in [5.74, 6) is 1.05. The number of thioether (sulfide) groups is 1. The molecule has 2 aromatic heterocycles. The van der Waals surface area contributed by atoms with Crippen LogP contribution in [-0.4, -0.2) is 33.3 Å². The summed E-state index contributed by atoms with van der Waals surface area (Å²) in [6, 6.07) is 12.4. The number of pyridine rings is 1. The third-order valence-electron chi connectivity index (χ3n) is 7.09. The van der Waals surface area contributed by atoms with E-state index in [1.54, 1.807) is 6.33 Å². The van der Waals surface area contributed by atoms with E-state index >= 15 is 0 Å². The summed E-state index contributed by atoms with van der Waals surface area (Å²) < 4.78 is 0. The summed E-state index contributed by atoms with van der Waals surface area (Å²) in [6.07, 6.45) is 6.09. The molecule has 0 atom stereocenters. The number of amides is 2. The number of nitrogens with zero attached hydrogens (tertiary/aromatic N) is 4. The van der Waals surface area contributed by atoms with Crippen LogP contribution in [0.15, 0.2) is 47.6 Å². The lowest BCUT2D eigenvalue weighted by atomic mass is 9.84. The first-order chi connectivity index (χ1) is 16.5. The summed E-state index contributed by atoms with van der Waals surface area (Å²) in [4.78, 5) is 30.4. The third-order valence-corrected chi connectivity index (χ3v) is 7.99. The monoisotopic (exact) mass is 473 g/mol. The highest BCUT2D eigenvalue weighted by atomic mass is 32.2. The van der Waals surface area contributed by atoms with Crippen LogP contribution in [0.4, 0.5) is 10.5 Å². The molecule has 6 nitrogen and oxygen atoms in total. The number of hydrogen-bond donors (Lipinski definition) is 1. The molecule has 0 radical (unpaired) electrons. The van der Waals surface area contributed by atoms with E-state index in [1.807, 2.05) is 36.6 Å². The maximum Gasteiger partial charge on any atom is 0.322 e. The molecule has 1 aliphatic heterocycles. The summed E-state index contributed by atoms with van der Waals surface area (Å²) in [7, 11) is 0. The van der Waals surface area contributed by atoms with E-state index in [1.165, 1.54) is 17.7 Å². The van der Waals surface area contributed by atoms with Crippen LogP contribution in [0.1, 0.15) is 55.3 Å². The molecule has 34 heavy (non-hydrogen) atoms. The van der Waals surface area contributed by atoms with Crippen molar-refractivity contribution in [2.24, 2.45) is 0 Å². The highest BCUT2D eigenvalue weighted by Crippen LogP contribution is 2.50. The van der Waals surface area contributed by atoms with Crippen molar-refractivity contribution in [2.75, 3.05) is 17.2 Å². The fraction of sp³-hybridized carbons (Fsp3) is 0.407. The summed E-state index contributed by atoms with van der Waals surface area (Å²) >= 11 is 1.82. The second kappa shape index (κ2) is 9.37. The maximum absolute atomic E-state index is 13.3. The van der Waals surface area contributed by atoms with Gasteiger partial charge in [0.15, 0.2) is 0 Å². The number of carbonyl (C=O) groups is 1. The van der Waals surface area contributed by atoms with E-state index in [0.29, 0.717) is 13.1 Å². The number of fused-ring (bicyclic) bond motifs is 2. The molecule has 1 aromatic carbocycles. The van der Waals surface area contributed by atoms with Gasteiger partial charge in [-0.3, -0.25) is 4.90 Å². The Bertz CT molecular complexity index is 1180. The van der Waals surface area contributed by atoms with E-state index in [-0.39, 0.29) is 11.4 Å². The van der Waals surface area contributed by atoms with Crippen molar-refractivity contribution in [3.05, 3.63) is 65.4 Å². The summed E-state index contributed by atoms with van der Waals surface area (Å²) in [5.41, 5.74) is 6.78. The molecule has 1 fully saturated rings. The lowest BCUT2D eigenvalue weighted by Gasteiger charge is -2.24. The number of carbonyl (C=O) groups excluding carboxylic acids is 1. The van der Waals surface area contributed by atoms with E-state index < -0.39 is 0 Å². The van der Waals surface area contributed by atoms with Gasteiger partial charge in [-0.05, 0) is 62.3 Å². The van der Waals surface area contributed by atoms with Gasteiger partial charge in [-0.2, -0.15) is 0 Å². The standard InChI is InChI=1S/C27H31N5OS/c1-4-34-21-9-7-20(8-10-21)15-28-26(33)32-16-27(13-5-6-14-27)25-23(32)12-11-22(31-25)24-18(2)29-17-30-19(24)3/h7-12,17H,4-6,13-16H2,1-3H3,(H,28,33). The van der Waals surface area contributed by atoms with Gasteiger partial charge >= 0.3 is 6.03 Å². The van der Waals surface area contributed by atoms with Crippen molar-refractivity contribution < 1.29 is 4.79 Å². The van der Waals surface area contributed by atoms with Crippen LogP contribution >= 0.6 is 11.8 Å². The third kappa shape index (κ3) is 4.17. The molecule has 0 saturated heterocycles. The molecule has 2 aliphatic rings. The van der Waals surface area contributed by atoms with Gasteiger partial charge in [0.1, 0.15) is 6.33 Å². The molecule has 2 amide bonds. The quantitative estimate of drug-likeness (QED) is 0.474. The van der Waals surface area contributed by atoms with E-state index in [9.17, 15) is 4.79 Å². The number of aromatic nitrogens is 3. The van der Waals surface area contributed by atoms with Crippen LogP contribution in [0.25, 0.3) is 11.3 Å². The Hall–Kier alpha value is -2.93. The van der Waals surface area contributed by atoms with E-state index in [0.717, 1.165) is 58.2 Å². The lowest BCUT2D eigenvalue weighted by molar-refractivity contribution is 0.245. The number of aryl methyl sites for hydroxylation is 2. The van der Waals surface area contributed by atoms with Crippen LogP contribution in [0.5, 0.6) is 0 Å². The number of urea groups is 1. The maximum atomic E-state index is 13.3. The van der Waals surface area contributed by atoms with Gasteiger partial charge < -0.3 is 5.32 Å².